The molecule has 1 aromatic carbocycles. The largest absolute Gasteiger partial charge is 0.496 e. The van der Waals surface area contributed by atoms with Crippen LogP contribution in [0, 0.1) is 0 Å². The molecule has 0 bridgehead atoms. The molecule has 3 heterocycles. The van der Waals surface area contributed by atoms with Crippen LogP contribution in [-0.2, 0) is 14.5 Å². The number of alkyl halides is 3. The van der Waals surface area contributed by atoms with Gasteiger partial charge in [0.05, 0.1) is 35.0 Å². The first-order valence-corrected chi connectivity index (χ1v) is 12.0. The standard InChI is InChI=1S/C21H19F3N4O5S/c1-31-15-5-3-6-16-13(15)11-17(33-16)14-12-25-18-7-8-19(26-28(14)18)32-9-4-10-34(2,30)27-20(29)21(22,23)24/h3,5-8,11-12H,4,9-10H2,1-2H3. The number of imidazole rings is 1. The predicted molar refractivity (Wildman–Crippen MR) is 117 cm³/mol. The molecule has 13 heteroatoms. The van der Waals surface area contributed by atoms with Gasteiger partial charge in [0.2, 0.25) is 5.88 Å². The minimum atomic E-state index is -5.15. The number of halogens is 3. The maximum absolute atomic E-state index is 12.3. The maximum atomic E-state index is 12.3. The first-order chi connectivity index (χ1) is 16.1. The molecule has 180 valence electrons. The summed E-state index contributed by atoms with van der Waals surface area (Å²) >= 11 is 0. The van der Waals surface area contributed by atoms with Gasteiger partial charge in [0.1, 0.15) is 17.0 Å². The fourth-order valence-corrected chi connectivity index (χ4v) is 4.42. The number of ether oxygens (including phenoxy) is 2. The third-order valence-corrected chi connectivity index (χ3v) is 6.37. The van der Waals surface area contributed by atoms with Gasteiger partial charge in [0, 0.05) is 18.1 Å². The van der Waals surface area contributed by atoms with Gasteiger partial charge < -0.3 is 13.9 Å². The van der Waals surface area contributed by atoms with Gasteiger partial charge in [-0.25, -0.2) is 13.7 Å². The predicted octanol–water partition coefficient (Wildman–Crippen LogP) is 4.11. The quantitative estimate of drug-likeness (QED) is 0.354. The minimum absolute atomic E-state index is 0.00489. The van der Waals surface area contributed by atoms with E-state index in [1.807, 2.05) is 24.3 Å². The van der Waals surface area contributed by atoms with E-state index in [4.69, 9.17) is 13.9 Å². The van der Waals surface area contributed by atoms with Crippen molar-refractivity contribution in [3.8, 4) is 23.1 Å². The van der Waals surface area contributed by atoms with Crippen LogP contribution in [0.2, 0.25) is 0 Å². The highest BCUT2D eigenvalue weighted by Crippen LogP contribution is 2.33. The Hall–Kier alpha value is -3.61. The average Bonchev–Trinajstić information content (AvgIpc) is 3.39. The molecule has 0 aliphatic rings. The summed E-state index contributed by atoms with van der Waals surface area (Å²) in [6, 6.07) is 10.5. The highest BCUT2D eigenvalue weighted by atomic mass is 32.2. The molecule has 0 fully saturated rings. The normalized spacial score (nSPS) is 13.7. The topological polar surface area (TPSA) is 108 Å². The van der Waals surface area contributed by atoms with E-state index in [0.717, 1.165) is 11.6 Å². The molecule has 0 saturated heterocycles. The van der Waals surface area contributed by atoms with Crippen molar-refractivity contribution >= 4 is 32.3 Å². The third-order valence-electron chi connectivity index (χ3n) is 4.77. The summed E-state index contributed by atoms with van der Waals surface area (Å²) in [5.74, 6) is -1.21. The van der Waals surface area contributed by atoms with E-state index in [1.165, 1.54) is 4.52 Å². The monoisotopic (exact) mass is 496 g/mol. The Labute approximate surface area is 191 Å². The fraction of sp³-hybridized carbons (Fsp3) is 0.286. The Kier molecular flexibility index (Phi) is 6.21. The van der Waals surface area contributed by atoms with E-state index in [1.54, 1.807) is 25.4 Å². The summed E-state index contributed by atoms with van der Waals surface area (Å²) < 4.78 is 70.3. The number of fused-ring (bicyclic) bond motifs is 2. The summed E-state index contributed by atoms with van der Waals surface area (Å²) in [6.07, 6.45) is -2.45. The van der Waals surface area contributed by atoms with Gasteiger partial charge in [0.25, 0.3) is 0 Å². The molecular weight excluding hydrogens is 477 g/mol. The molecule has 0 N–H and O–H groups in total. The number of methoxy groups -OCH3 is 1. The number of carbonyl (C=O) groups excluding carboxylic acids is 1. The number of rotatable bonds is 7. The molecular formula is C21H19F3N4O5S. The number of carbonyl (C=O) groups is 1. The third kappa shape index (κ3) is 4.98. The van der Waals surface area contributed by atoms with Crippen LogP contribution in [0.25, 0.3) is 28.1 Å². The Balaban J connectivity index is 1.49. The smallest absolute Gasteiger partial charge is 0.474 e. The van der Waals surface area contributed by atoms with Crippen LogP contribution in [0.1, 0.15) is 6.42 Å². The summed E-state index contributed by atoms with van der Waals surface area (Å²) in [7, 11) is -1.77. The van der Waals surface area contributed by atoms with Gasteiger partial charge in [-0.1, -0.05) is 6.07 Å². The lowest BCUT2D eigenvalue weighted by Gasteiger charge is -2.08. The van der Waals surface area contributed by atoms with Crippen LogP contribution in [0.3, 0.4) is 0 Å². The van der Waals surface area contributed by atoms with E-state index in [9.17, 15) is 22.2 Å². The summed E-state index contributed by atoms with van der Waals surface area (Å²) in [5, 5.41) is 5.17. The maximum Gasteiger partial charge on any atom is 0.474 e. The molecule has 0 aliphatic carbocycles. The van der Waals surface area contributed by atoms with Crippen LogP contribution in [-0.4, -0.2) is 56.6 Å². The lowest BCUT2D eigenvalue weighted by Crippen LogP contribution is -2.22. The van der Waals surface area contributed by atoms with Gasteiger partial charge in [-0.2, -0.15) is 17.5 Å². The van der Waals surface area contributed by atoms with E-state index < -0.39 is 21.8 Å². The molecule has 1 atom stereocenters. The van der Waals surface area contributed by atoms with Crippen LogP contribution >= 0.6 is 0 Å². The molecule has 4 aromatic rings. The van der Waals surface area contributed by atoms with Crippen molar-refractivity contribution < 1.29 is 36.1 Å². The van der Waals surface area contributed by atoms with Crippen molar-refractivity contribution in [3.63, 3.8) is 0 Å². The SMILES string of the molecule is COc1cccc2oc(-c3cnc4ccc(OCCCS(C)(=O)=NC(=O)C(F)(F)F)nn34)cc12. The summed E-state index contributed by atoms with van der Waals surface area (Å²) in [6.45, 7) is 0.00489. The zero-order valence-corrected chi connectivity index (χ0v) is 18.9. The van der Waals surface area contributed by atoms with Crippen molar-refractivity contribution in [2.45, 2.75) is 12.6 Å². The second-order valence-corrected chi connectivity index (χ2v) is 9.84. The van der Waals surface area contributed by atoms with Crippen molar-refractivity contribution in [1.82, 2.24) is 14.6 Å². The summed E-state index contributed by atoms with van der Waals surface area (Å²) in [4.78, 5) is 15.2. The van der Waals surface area contributed by atoms with Crippen molar-refractivity contribution in [3.05, 3.63) is 42.6 Å². The van der Waals surface area contributed by atoms with Gasteiger partial charge in [-0.05, 0) is 30.7 Å². The second-order valence-electron chi connectivity index (χ2n) is 7.33. The molecule has 1 unspecified atom stereocenters. The number of furan rings is 1. The number of hydrogen-bond donors (Lipinski definition) is 0. The number of amides is 1. The van der Waals surface area contributed by atoms with E-state index in [-0.39, 0.29) is 24.7 Å². The molecule has 1 amide bonds. The molecule has 0 radical (unpaired) electrons. The lowest BCUT2D eigenvalue weighted by atomic mass is 10.2. The van der Waals surface area contributed by atoms with Gasteiger partial charge in [-0.3, -0.25) is 4.79 Å². The van der Waals surface area contributed by atoms with E-state index in [0.29, 0.717) is 28.4 Å². The Morgan fingerprint density at radius 1 is 1.26 bits per heavy atom. The van der Waals surface area contributed by atoms with Crippen molar-refractivity contribution in [2.24, 2.45) is 4.36 Å². The second kappa shape index (κ2) is 8.97. The van der Waals surface area contributed by atoms with Crippen LogP contribution in [0.15, 0.2) is 51.4 Å². The number of benzene rings is 1. The van der Waals surface area contributed by atoms with Gasteiger partial charge >= 0.3 is 12.1 Å². The van der Waals surface area contributed by atoms with Gasteiger partial charge in [0.15, 0.2) is 11.4 Å². The molecule has 0 aliphatic heterocycles. The highest BCUT2D eigenvalue weighted by Gasteiger charge is 2.39. The molecule has 34 heavy (non-hydrogen) atoms. The molecule has 4 rings (SSSR count). The van der Waals surface area contributed by atoms with E-state index in [2.05, 4.69) is 14.4 Å². The molecule has 3 aromatic heterocycles. The molecule has 0 spiro atoms. The number of hydrogen-bond acceptors (Lipinski definition) is 7. The summed E-state index contributed by atoms with van der Waals surface area (Å²) in [5.41, 5.74) is 1.74. The van der Waals surface area contributed by atoms with Crippen molar-refractivity contribution in [2.75, 3.05) is 25.7 Å². The highest BCUT2D eigenvalue weighted by molar-refractivity contribution is 7.93. The van der Waals surface area contributed by atoms with Gasteiger partial charge in [-0.15, -0.1) is 5.10 Å². The van der Waals surface area contributed by atoms with Crippen LogP contribution < -0.4 is 9.47 Å². The first-order valence-electron chi connectivity index (χ1n) is 9.93. The molecule has 0 saturated carbocycles. The van der Waals surface area contributed by atoms with E-state index >= 15 is 0 Å². The Bertz CT molecular complexity index is 1480. The minimum Gasteiger partial charge on any atom is -0.496 e. The number of nitrogens with zero attached hydrogens (tertiary/aromatic N) is 4. The first kappa shape index (κ1) is 23.5. The Morgan fingerprint density at radius 2 is 2.06 bits per heavy atom. The van der Waals surface area contributed by atoms with Crippen LogP contribution in [0.5, 0.6) is 11.6 Å². The zero-order valence-electron chi connectivity index (χ0n) is 18.0. The fourth-order valence-electron chi connectivity index (χ4n) is 3.22. The molecule has 9 nitrogen and oxygen atoms in total. The van der Waals surface area contributed by atoms with Crippen molar-refractivity contribution in [1.29, 1.82) is 0 Å². The number of aromatic nitrogens is 3. The zero-order chi connectivity index (χ0) is 24.5. The Morgan fingerprint density at radius 3 is 2.79 bits per heavy atom. The van der Waals surface area contributed by atoms with Crippen LogP contribution in [0.4, 0.5) is 13.2 Å². The lowest BCUT2D eigenvalue weighted by molar-refractivity contribution is -0.169. The average molecular weight is 496 g/mol.